The Hall–Kier alpha value is -1.05. The zero-order valence-corrected chi connectivity index (χ0v) is 16.4. The minimum atomic E-state index is 0. The first-order valence-electron chi connectivity index (χ1n) is 7.75. The van der Waals surface area contributed by atoms with Gasteiger partial charge in [0.05, 0.1) is 6.61 Å². The summed E-state index contributed by atoms with van der Waals surface area (Å²) in [7, 11) is 1.78. The van der Waals surface area contributed by atoms with Gasteiger partial charge in [-0.15, -0.1) is 24.0 Å². The molecule has 1 atom stereocenters. The van der Waals surface area contributed by atoms with Crippen LogP contribution in [0.5, 0.6) is 5.88 Å². The second kappa shape index (κ2) is 12.5. The van der Waals surface area contributed by atoms with Crippen molar-refractivity contribution in [2.75, 3.05) is 13.7 Å². The molecule has 0 saturated heterocycles. The van der Waals surface area contributed by atoms with Gasteiger partial charge in [0.2, 0.25) is 5.88 Å². The number of hydrogen-bond acceptors (Lipinski definition) is 3. The molecule has 0 aromatic carbocycles. The van der Waals surface area contributed by atoms with Crippen molar-refractivity contribution in [3.05, 3.63) is 23.9 Å². The summed E-state index contributed by atoms with van der Waals surface area (Å²) >= 11 is 0. The summed E-state index contributed by atoms with van der Waals surface area (Å²) in [5.74, 6) is 1.50. The van der Waals surface area contributed by atoms with Crippen LogP contribution in [0, 0.1) is 0 Å². The first kappa shape index (κ1) is 20.9. The molecular weight excluding hydrogens is 391 g/mol. The van der Waals surface area contributed by atoms with Crippen molar-refractivity contribution in [2.45, 2.75) is 52.6 Å². The van der Waals surface area contributed by atoms with Crippen LogP contribution in [0.4, 0.5) is 0 Å². The van der Waals surface area contributed by atoms with Crippen molar-refractivity contribution in [1.29, 1.82) is 0 Å². The molecule has 22 heavy (non-hydrogen) atoms. The van der Waals surface area contributed by atoms with Crippen molar-refractivity contribution in [3.8, 4) is 5.88 Å². The summed E-state index contributed by atoms with van der Waals surface area (Å²) in [5.41, 5.74) is 1.04. The summed E-state index contributed by atoms with van der Waals surface area (Å²) in [6.45, 7) is 7.78. The van der Waals surface area contributed by atoms with Gasteiger partial charge in [0.1, 0.15) is 0 Å². The first-order chi connectivity index (χ1) is 10.2. The Morgan fingerprint density at radius 1 is 1.41 bits per heavy atom. The molecule has 0 amide bonds. The van der Waals surface area contributed by atoms with E-state index in [4.69, 9.17) is 4.74 Å². The maximum Gasteiger partial charge on any atom is 0.218 e. The van der Waals surface area contributed by atoms with E-state index in [0.717, 1.165) is 30.8 Å². The Labute approximate surface area is 151 Å². The molecule has 0 fully saturated rings. The highest BCUT2D eigenvalue weighted by atomic mass is 127. The lowest BCUT2D eigenvalue weighted by Crippen LogP contribution is -2.41. The lowest BCUT2D eigenvalue weighted by molar-refractivity contribution is 0.294. The monoisotopic (exact) mass is 420 g/mol. The van der Waals surface area contributed by atoms with Crippen LogP contribution in [0.1, 0.15) is 45.6 Å². The minimum Gasteiger partial charge on any atom is -0.477 e. The van der Waals surface area contributed by atoms with Crippen LogP contribution in [0.25, 0.3) is 0 Å². The number of hydrogen-bond donors (Lipinski definition) is 2. The van der Waals surface area contributed by atoms with E-state index in [1.807, 2.05) is 12.1 Å². The van der Waals surface area contributed by atoms with Gasteiger partial charge in [-0.1, -0.05) is 26.3 Å². The molecule has 0 bridgehead atoms. The molecule has 5 nitrogen and oxygen atoms in total. The molecule has 1 rings (SSSR count). The largest absolute Gasteiger partial charge is 0.477 e. The summed E-state index contributed by atoms with van der Waals surface area (Å²) in [6, 6.07) is 4.34. The number of nitrogens with one attached hydrogen (secondary N) is 2. The van der Waals surface area contributed by atoms with Crippen LogP contribution in [-0.4, -0.2) is 30.6 Å². The van der Waals surface area contributed by atoms with Crippen LogP contribution in [0.3, 0.4) is 0 Å². The van der Waals surface area contributed by atoms with E-state index in [1.54, 1.807) is 13.2 Å². The highest BCUT2D eigenvalue weighted by Gasteiger charge is 2.07. The van der Waals surface area contributed by atoms with E-state index in [2.05, 4.69) is 41.4 Å². The number of halogens is 1. The van der Waals surface area contributed by atoms with E-state index in [-0.39, 0.29) is 24.0 Å². The van der Waals surface area contributed by atoms with Crippen LogP contribution in [0.2, 0.25) is 0 Å². The van der Waals surface area contributed by atoms with Crippen LogP contribution in [0.15, 0.2) is 23.3 Å². The topological polar surface area (TPSA) is 58.5 Å². The quantitative estimate of drug-likeness (QED) is 0.293. The molecule has 0 spiro atoms. The predicted molar refractivity (Wildman–Crippen MR) is 103 cm³/mol. The zero-order chi connectivity index (χ0) is 15.5. The highest BCUT2D eigenvalue weighted by molar-refractivity contribution is 14.0. The van der Waals surface area contributed by atoms with Gasteiger partial charge in [0, 0.05) is 31.4 Å². The van der Waals surface area contributed by atoms with Crippen molar-refractivity contribution >= 4 is 29.9 Å². The van der Waals surface area contributed by atoms with Gasteiger partial charge in [-0.3, -0.25) is 4.99 Å². The molecule has 0 aliphatic rings. The maximum absolute atomic E-state index is 5.73. The van der Waals surface area contributed by atoms with Crippen molar-refractivity contribution in [1.82, 2.24) is 15.6 Å². The molecule has 126 valence electrons. The van der Waals surface area contributed by atoms with Gasteiger partial charge in [0.25, 0.3) is 0 Å². The number of nitrogens with zero attached hydrogens (tertiary/aromatic N) is 2. The van der Waals surface area contributed by atoms with E-state index in [9.17, 15) is 0 Å². The fourth-order valence-corrected chi connectivity index (χ4v) is 1.71. The molecule has 1 unspecified atom stereocenters. The second-order valence-electron chi connectivity index (χ2n) is 5.05. The van der Waals surface area contributed by atoms with Crippen molar-refractivity contribution in [3.63, 3.8) is 0 Å². The third-order valence-corrected chi connectivity index (χ3v) is 3.25. The summed E-state index contributed by atoms with van der Waals surface area (Å²) < 4.78 is 5.73. The van der Waals surface area contributed by atoms with Gasteiger partial charge in [-0.05, 0) is 25.8 Å². The van der Waals surface area contributed by atoms with Gasteiger partial charge < -0.3 is 15.4 Å². The smallest absolute Gasteiger partial charge is 0.218 e. The number of aromatic nitrogens is 1. The predicted octanol–water partition coefficient (Wildman–Crippen LogP) is 3.34. The number of rotatable bonds is 8. The molecular formula is C16H29IN4O. The van der Waals surface area contributed by atoms with Crippen LogP contribution < -0.4 is 15.4 Å². The average molecular weight is 420 g/mol. The maximum atomic E-state index is 5.73. The molecule has 1 aromatic heterocycles. The highest BCUT2D eigenvalue weighted by Crippen LogP contribution is 2.14. The van der Waals surface area contributed by atoms with Crippen molar-refractivity contribution < 1.29 is 4.74 Å². The molecule has 0 saturated carbocycles. The standard InChI is InChI=1S/C16H28N4O.HI/c1-5-7-11-21-15-14(9-8-10-18-15)12-19-16(17-4)20-13(3)6-2;/h8-10,13H,5-7,11-12H2,1-4H3,(H2,17,19,20);1H. The van der Waals surface area contributed by atoms with E-state index >= 15 is 0 Å². The number of unbranched alkanes of at least 4 members (excludes halogenated alkanes) is 1. The van der Waals surface area contributed by atoms with Gasteiger partial charge in [0.15, 0.2) is 5.96 Å². The first-order valence-corrected chi connectivity index (χ1v) is 7.75. The van der Waals surface area contributed by atoms with Crippen molar-refractivity contribution in [2.24, 2.45) is 4.99 Å². The third-order valence-electron chi connectivity index (χ3n) is 3.25. The van der Waals surface area contributed by atoms with Crippen LogP contribution >= 0.6 is 24.0 Å². The molecule has 2 N–H and O–H groups in total. The lowest BCUT2D eigenvalue weighted by Gasteiger charge is -2.17. The summed E-state index contributed by atoms with van der Waals surface area (Å²) in [5, 5.41) is 6.64. The molecule has 1 heterocycles. The lowest BCUT2D eigenvalue weighted by atomic mass is 10.2. The molecule has 0 radical (unpaired) electrons. The number of guanidine groups is 1. The van der Waals surface area contributed by atoms with Gasteiger partial charge in [-0.25, -0.2) is 4.98 Å². The van der Waals surface area contributed by atoms with E-state index < -0.39 is 0 Å². The van der Waals surface area contributed by atoms with E-state index in [1.165, 1.54) is 0 Å². The minimum absolute atomic E-state index is 0. The molecule has 1 aromatic rings. The van der Waals surface area contributed by atoms with E-state index in [0.29, 0.717) is 25.1 Å². The Morgan fingerprint density at radius 2 is 2.18 bits per heavy atom. The average Bonchev–Trinajstić information content (AvgIpc) is 2.52. The number of ether oxygens (including phenoxy) is 1. The zero-order valence-electron chi connectivity index (χ0n) is 14.1. The van der Waals surface area contributed by atoms with Gasteiger partial charge >= 0.3 is 0 Å². The third kappa shape index (κ3) is 7.82. The van der Waals surface area contributed by atoms with Gasteiger partial charge in [-0.2, -0.15) is 0 Å². The Balaban J connectivity index is 0.00000441. The Morgan fingerprint density at radius 3 is 2.82 bits per heavy atom. The Kier molecular flexibility index (Phi) is 11.9. The normalized spacial score (nSPS) is 12.3. The summed E-state index contributed by atoms with van der Waals surface area (Å²) in [4.78, 5) is 8.54. The summed E-state index contributed by atoms with van der Waals surface area (Å²) in [6.07, 6.45) is 4.97. The number of pyridine rings is 1. The second-order valence-corrected chi connectivity index (χ2v) is 5.05. The molecule has 0 aliphatic heterocycles. The SMILES string of the molecule is CCCCOc1ncccc1CNC(=NC)NC(C)CC.I. The molecule has 0 aliphatic carbocycles. The Bertz CT molecular complexity index is 440. The molecule has 6 heteroatoms. The van der Waals surface area contributed by atoms with Crippen LogP contribution in [-0.2, 0) is 6.54 Å². The number of aliphatic imine (C=N–C) groups is 1. The fourth-order valence-electron chi connectivity index (χ4n) is 1.71. The fraction of sp³-hybridized carbons (Fsp3) is 0.625.